The van der Waals surface area contributed by atoms with Crippen LogP contribution in [0, 0.1) is 0 Å². The summed E-state index contributed by atoms with van der Waals surface area (Å²) in [5.41, 5.74) is 2.69. The van der Waals surface area contributed by atoms with Crippen LogP contribution in [0.25, 0.3) is 11.4 Å². The van der Waals surface area contributed by atoms with Gasteiger partial charge in [0.1, 0.15) is 5.69 Å². The highest BCUT2D eigenvalue weighted by atomic mass is 16.2. The van der Waals surface area contributed by atoms with Crippen LogP contribution in [0.1, 0.15) is 33.7 Å². The average molecular weight is 390 g/mol. The van der Waals surface area contributed by atoms with Crippen LogP contribution >= 0.6 is 0 Å². The van der Waals surface area contributed by atoms with Crippen LogP contribution in [0.5, 0.6) is 0 Å². The molecule has 8 heteroatoms. The third kappa shape index (κ3) is 4.67. The van der Waals surface area contributed by atoms with Crippen molar-refractivity contribution in [2.45, 2.75) is 18.9 Å². The van der Waals surface area contributed by atoms with Gasteiger partial charge in [0.05, 0.1) is 11.4 Å². The third-order valence-corrected chi connectivity index (χ3v) is 4.77. The Hall–Kier alpha value is -3.52. The van der Waals surface area contributed by atoms with Crippen molar-refractivity contribution in [2.75, 3.05) is 18.4 Å². The molecule has 148 valence electrons. The second-order valence-corrected chi connectivity index (χ2v) is 6.93. The van der Waals surface area contributed by atoms with E-state index in [-0.39, 0.29) is 23.6 Å². The smallest absolute Gasteiger partial charge is 0.274 e. The van der Waals surface area contributed by atoms with E-state index in [2.05, 4.69) is 31.1 Å². The molecule has 1 fully saturated rings. The number of carbonyl (C=O) groups excluding carboxylic acids is 2. The predicted molar refractivity (Wildman–Crippen MR) is 110 cm³/mol. The molecule has 0 bridgehead atoms. The van der Waals surface area contributed by atoms with Crippen LogP contribution in [-0.2, 0) is 0 Å². The first kappa shape index (κ1) is 18.8. The van der Waals surface area contributed by atoms with Gasteiger partial charge in [-0.2, -0.15) is 5.10 Å². The Labute approximate surface area is 168 Å². The van der Waals surface area contributed by atoms with Crippen molar-refractivity contribution in [3.05, 3.63) is 66.0 Å². The van der Waals surface area contributed by atoms with Gasteiger partial charge in [-0.05, 0) is 55.8 Å². The number of aromatic nitrogens is 3. The molecule has 0 radical (unpaired) electrons. The summed E-state index contributed by atoms with van der Waals surface area (Å²) in [7, 11) is 0. The first-order valence-electron chi connectivity index (χ1n) is 9.59. The summed E-state index contributed by atoms with van der Waals surface area (Å²) in [6, 6.07) is 14.0. The van der Waals surface area contributed by atoms with Crippen molar-refractivity contribution in [1.29, 1.82) is 0 Å². The van der Waals surface area contributed by atoms with Gasteiger partial charge in [0.2, 0.25) is 0 Å². The largest absolute Gasteiger partial charge is 0.348 e. The lowest BCUT2D eigenvalue weighted by Crippen LogP contribution is -2.45. The van der Waals surface area contributed by atoms with Gasteiger partial charge >= 0.3 is 0 Å². The lowest BCUT2D eigenvalue weighted by Gasteiger charge is -2.23. The van der Waals surface area contributed by atoms with Crippen LogP contribution in [0.2, 0.25) is 0 Å². The molecule has 29 heavy (non-hydrogen) atoms. The Morgan fingerprint density at radius 1 is 1.07 bits per heavy atom. The van der Waals surface area contributed by atoms with Crippen molar-refractivity contribution >= 4 is 17.5 Å². The van der Waals surface area contributed by atoms with Crippen LogP contribution in [0.15, 0.2) is 54.7 Å². The van der Waals surface area contributed by atoms with Crippen molar-refractivity contribution in [1.82, 2.24) is 25.8 Å². The molecule has 8 nitrogen and oxygen atoms in total. The second kappa shape index (κ2) is 8.66. The molecule has 0 aliphatic carbocycles. The van der Waals surface area contributed by atoms with E-state index in [1.165, 1.54) is 0 Å². The van der Waals surface area contributed by atoms with E-state index in [0.717, 1.165) is 31.6 Å². The molecule has 2 amide bonds. The number of pyridine rings is 1. The minimum atomic E-state index is -0.347. The molecule has 4 rings (SSSR count). The standard InChI is InChI=1S/C21H22N6O2/c28-20(25-16-6-3-10-22-13-16)14-4-1-5-15(12-14)24-21(29)19-8-2-7-17(26-19)18-9-11-23-27-18/h1-2,4-5,7-9,11-12,16,22H,3,6,10,13H2,(H,23,27)(H,24,29)(H,25,28). The van der Waals surface area contributed by atoms with Crippen LogP contribution in [0.3, 0.4) is 0 Å². The number of hydrogen-bond donors (Lipinski definition) is 4. The molecule has 1 aliphatic rings. The van der Waals surface area contributed by atoms with E-state index in [9.17, 15) is 9.59 Å². The molecule has 3 heterocycles. The van der Waals surface area contributed by atoms with E-state index in [0.29, 0.717) is 16.9 Å². The minimum Gasteiger partial charge on any atom is -0.348 e. The molecule has 1 aromatic carbocycles. The fourth-order valence-corrected chi connectivity index (χ4v) is 3.29. The molecular weight excluding hydrogens is 368 g/mol. The Balaban J connectivity index is 1.44. The van der Waals surface area contributed by atoms with Gasteiger partial charge < -0.3 is 16.0 Å². The number of benzene rings is 1. The zero-order valence-electron chi connectivity index (χ0n) is 15.8. The fourth-order valence-electron chi connectivity index (χ4n) is 3.29. The van der Waals surface area contributed by atoms with Gasteiger partial charge in [0, 0.05) is 30.0 Å². The van der Waals surface area contributed by atoms with Crippen LogP contribution < -0.4 is 16.0 Å². The first-order chi connectivity index (χ1) is 14.2. The molecule has 4 N–H and O–H groups in total. The van der Waals surface area contributed by atoms with Crippen molar-refractivity contribution in [2.24, 2.45) is 0 Å². The topological polar surface area (TPSA) is 112 Å². The Kier molecular flexibility index (Phi) is 5.62. The summed E-state index contributed by atoms with van der Waals surface area (Å²) in [5.74, 6) is -0.491. The Bertz CT molecular complexity index is 996. The monoisotopic (exact) mass is 390 g/mol. The van der Waals surface area contributed by atoms with Crippen LogP contribution in [0.4, 0.5) is 5.69 Å². The normalized spacial score (nSPS) is 16.2. The van der Waals surface area contributed by atoms with E-state index in [1.54, 1.807) is 54.7 Å². The number of nitrogens with zero attached hydrogens (tertiary/aromatic N) is 2. The van der Waals surface area contributed by atoms with Crippen molar-refractivity contribution in [3.63, 3.8) is 0 Å². The lowest BCUT2D eigenvalue weighted by atomic mass is 10.1. The molecule has 0 saturated carbocycles. The van der Waals surface area contributed by atoms with Gasteiger partial charge in [0.15, 0.2) is 0 Å². The maximum atomic E-state index is 12.6. The molecular formula is C21H22N6O2. The minimum absolute atomic E-state index is 0.129. The van der Waals surface area contributed by atoms with Crippen LogP contribution in [-0.4, -0.2) is 46.1 Å². The zero-order valence-corrected chi connectivity index (χ0v) is 15.8. The molecule has 2 aromatic heterocycles. The highest BCUT2D eigenvalue weighted by Crippen LogP contribution is 2.16. The summed E-state index contributed by atoms with van der Waals surface area (Å²) in [6.07, 6.45) is 3.64. The summed E-state index contributed by atoms with van der Waals surface area (Å²) in [6.45, 7) is 1.77. The number of piperidine rings is 1. The molecule has 1 unspecified atom stereocenters. The van der Waals surface area contributed by atoms with Crippen molar-refractivity contribution < 1.29 is 9.59 Å². The first-order valence-corrected chi connectivity index (χ1v) is 9.59. The Morgan fingerprint density at radius 3 is 2.76 bits per heavy atom. The lowest BCUT2D eigenvalue weighted by molar-refractivity contribution is 0.0929. The number of H-pyrrole nitrogens is 1. The summed E-state index contributed by atoms with van der Waals surface area (Å²) < 4.78 is 0. The number of rotatable bonds is 5. The third-order valence-electron chi connectivity index (χ3n) is 4.77. The number of hydrogen-bond acceptors (Lipinski definition) is 5. The van der Waals surface area contributed by atoms with Gasteiger partial charge in [0.25, 0.3) is 11.8 Å². The highest BCUT2D eigenvalue weighted by Gasteiger charge is 2.17. The van der Waals surface area contributed by atoms with E-state index >= 15 is 0 Å². The molecule has 1 saturated heterocycles. The van der Waals surface area contributed by atoms with E-state index < -0.39 is 0 Å². The zero-order chi connectivity index (χ0) is 20.1. The maximum Gasteiger partial charge on any atom is 0.274 e. The number of nitrogens with one attached hydrogen (secondary N) is 4. The summed E-state index contributed by atoms with van der Waals surface area (Å²) >= 11 is 0. The number of anilines is 1. The fraction of sp³-hybridized carbons (Fsp3) is 0.238. The van der Waals surface area contributed by atoms with Crippen molar-refractivity contribution in [3.8, 4) is 11.4 Å². The van der Waals surface area contributed by atoms with Gasteiger partial charge in [-0.1, -0.05) is 12.1 Å². The number of carbonyl (C=O) groups is 2. The quantitative estimate of drug-likeness (QED) is 0.534. The number of aromatic amines is 1. The van der Waals surface area contributed by atoms with E-state index in [1.807, 2.05) is 0 Å². The summed E-state index contributed by atoms with van der Waals surface area (Å²) in [4.78, 5) is 29.5. The predicted octanol–water partition coefficient (Wildman–Crippen LogP) is 2.21. The highest BCUT2D eigenvalue weighted by molar-refractivity contribution is 6.04. The number of amides is 2. The molecule has 3 aromatic rings. The van der Waals surface area contributed by atoms with Gasteiger partial charge in [-0.15, -0.1) is 0 Å². The second-order valence-electron chi connectivity index (χ2n) is 6.93. The Morgan fingerprint density at radius 2 is 1.97 bits per heavy atom. The molecule has 1 atom stereocenters. The summed E-state index contributed by atoms with van der Waals surface area (Å²) in [5, 5.41) is 15.9. The van der Waals surface area contributed by atoms with Gasteiger partial charge in [-0.3, -0.25) is 14.7 Å². The van der Waals surface area contributed by atoms with E-state index in [4.69, 9.17) is 0 Å². The molecule has 1 aliphatic heterocycles. The SMILES string of the molecule is O=C(NC1CCCNC1)c1cccc(NC(=O)c2cccc(-c3ccn[nH]3)n2)c1. The molecule has 0 spiro atoms. The maximum absolute atomic E-state index is 12.6. The average Bonchev–Trinajstić information content (AvgIpc) is 3.30. The van der Waals surface area contributed by atoms with Gasteiger partial charge in [-0.25, -0.2) is 4.98 Å².